The first-order chi connectivity index (χ1) is 26.1. The summed E-state index contributed by atoms with van der Waals surface area (Å²) >= 11 is 0. The van der Waals surface area contributed by atoms with E-state index in [1.54, 1.807) is 65.8 Å². The third-order valence-electron chi connectivity index (χ3n) is 8.66. The van der Waals surface area contributed by atoms with Gasteiger partial charge in [0.2, 0.25) is 5.91 Å². The lowest BCUT2D eigenvalue weighted by Gasteiger charge is -2.28. The molecule has 0 spiro atoms. The summed E-state index contributed by atoms with van der Waals surface area (Å²) in [5.74, 6) is -6.83. The molecule has 0 aliphatic rings. The zero-order chi connectivity index (χ0) is 42.9. The van der Waals surface area contributed by atoms with E-state index in [9.17, 15) is 33.6 Å². The zero-order valence-electron chi connectivity index (χ0n) is 35.3. The van der Waals surface area contributed by atoms with Crippen molar-refractivity contribution in [1.29, 1.82) is 0 Å². The van der Waals surface area contributed by atoms with Crippen molar-refractivity contribution in [3.8, 4) is 0 Å². The number of esters is 4. The molecule has 7 atom stereocenters. The summed E-state index contributed by atoms with van der Waals surface area (Å²) in [7, 11) is 1.41. The van der Waals surface area contributed by atoms with E-state index >= 15 is 0 Å². The monoisotopic (exact) mass is 791 g/mol. The van der Waals surface area contributed by atoms with Crippen molar-refractivity contribution in [1.82, 2.24) is 16.0 Å². The maximum atomic E-state index is 13.6. The summed E-state index contributed by atoms with van der Waals surface area (Å²) in [6.07, 6.45) is -4.26. The number of benzene rings is 1. The Morgan fingerprint density at radius 2 is 0.893 bits per heavy atom. The molecule has 0 unspecified atom stereocenters. The predicted molar refractivity (Wildman–Crippen MR) is 207 cm³/mol. The molecule has 56 heavy (non-hydrogen) atoms. The minimum atomic E-state index is -1.37. The highest BCUT2D eigenvalue weighted by Gasteiger charge is 2.37. The van der Waals surface area contributed by atoms with E-state index in [-0.39, 0.29) is 30.8 Å². The molecule has 0 aromatic heterocycles. The number of hydrogen-bond acceptors (Lipinski definition) is 12. The van der Waals surface area contributed by atoms with Gasteiger partial charge in [-0.2, -0.15) is 0 Å². The van der Waals surface area contributed by atoms with Gasteiger partial charge in [0.15, 0.2) is 18.3 Å². The lowest BCUT2D eigenvalue weighted by Crippen LogP contribution is -2.54. The topological polar surface area (TPSA) is 202 Å². The Bertz CT molecular complexity index is 1450. The molecule has 0 bridgehead atoms. The summed E-state index contributed by atoms with van der Waals surface area (Å²) in [6, 6.07) is 5.46. The van der Waals surface area contributed by atoms with Crippen molar-refractivity contribution in [2.24, 2.45) is 29.6 Å². The number of methoxy groups -OCH3 is 1. The van der Waals surface area contributed by atoms with Crippen LogP contribution in [-0.4, -0.2) is 91.2 Å². The number of hydrogen-bond donors (Lipinski definition) is 3. The van der Waals surface area contributed by atoms with Crippen LogP contribution in [0.5, 0.6) is 0 Å². The number of rotatable bonds is 23. The van der Waals surface area contributed by atoms with Crippen molar-refractivity contribution in [2.75, 3.05) is 7.11 Å². The van der Waals surface area contributed by atoms with Crippen LogP contribution in [0.3, 0.4) is 0 Å². The van der Waals surface area contributed by atoms with Crippen LogP contribution in [0.1, 0.15) is 101 Å². The van der Waals surface area contributed by atoms with Crippen molar-refractivity contribution in [3.63, 3.8) is 0 Å². The SMILES string of the molecule is CO[C@H](CC(C)C)C(=O)N[C@@H](C(=O)O[C@@H](C)C(=O)N[C@H](C(=O)O[C@H](CC(C)C)C(=O)N[C@@H](C(=O)O[C@@H](C)C(=O)OCc1ccccc1)C(C)C)C(C)C)C(C)C. The predicted octanol–water partition coefficient (Wildman–Crippen LogP) is 4.03. The van der Waals surface area contributed by atoms with Gasteiger partial charge in [-0.1, -0.05) is 99.6 Å². The molecular weight excluding hydrogens is 726 g/mol. The maximum Gasteiger partial charge on any atom is 0.347 e. The zero-order valence-corrected chi connectivity index (χ0v) is 35.3. The maximum absolute atomic E-state index is 13.6. The van der Waals surface area contributed by atoms with Gasteiger partial charge in [-0.15, -0.1) is 0 Å². The summed E-state index contributed by atoms with van der Waals surface area (Å²) in [6.45, 7) is 20.3. The van der Waals surface area contributed by atoms with Gasteiger partial charge in [-0.25, -0.2) is 19.2 Å². The second-order valence-electron chi connectivity index (χ2n) is 15.9. The number of carbonyl (C=O) groups is 7. The second kappa shape index (κ2) is 24.2. The molecule has 0 heterocycles. The lowest BCUT2D eigenvalue weighted by molar-refractivity contribution is -0.170. The molecule has 3 amide bonds. The first-order valence-corrected chi connectivity index (χ1v) is 19.3. The summed E-state index contributed by atoms with van der Waals surface area (Å²) in [4.78, 5) is 92.2. The molecule has 3 N–H and O–H groups in total. The molecule has 316 valence electrons. The van der Waals surface area contributed by atoms with Gasteiger partial charge in [-0.3, -0.25) is 14.4 Å². The molecule has 15 heteroatoms. The van der Waals surface area contributed by atoms with E-state index in [1.165, 1.54) is 21.0 Å². The molecule has 0 saturated carbocycles. The quantitative estimate of drug-likeness (QED) is 0.106. The first kappa shape index (κ1) is 49.5. The average Bonchev–Trinajstić information content (AvgIpc) is 3.11. The molecule has 1 aromatic rings. The number of nitrogens with one attached hydrogen (secondary N) is 3. The number of amides is 3. The van der Waals surface area contributed by atoms with Crippen LogP contribution >= 0.6 is 0 Å². The second-order valence-corrected chi connectivity index (χ2v) is 15.9. The molecule has 0 fully saturated rings. The average molecular weight is 792 g/mol. The molecule has 0 saturated heterocycles. The van der Waals surface area contributed by atoms with E-state index in [0.717, 1.165) is 5.56 Å². The third kappa shape index (κ3) is 17.1. The molecular formula is C41H65N3O12. The molecule has 1 aromatic carbocycles. The van der Waals surface area contributed by atoms with Crippen LogP contribution in [-0.2, 0) is 63.9 Å². The third-order valence-corrected chi connectivity index (χ3v) is 8.66. The van der Waals surface area contributed by atoms with Gasteiger partial charge >= 0.3 is 23.9 Å². The standard InChI is InChI=1S/C41H65N3O12/c1-22(2)19-30(52-13)36(46)43-32(24(5)6)39(49)54-27(11)35(45)42-34(26(9)10)41(51)56-31(20-23(3)4)37(47)44-33(25(7)8)40(50)55-28(12)38(48)53-21-29-17-15-14-16-18-29/h14-18,22-28,30-34H,19-21H2,1-13H3,(H,42,45)(H,43,46)(H,44,47)/t27-,28-,30+,31+,32+,33+,34-/m0/s1. The number of carbonyl (C=O) groups excluding carboxylic acids is 7. The van der Waals surface area contributed by atoms with Crippen LogP contribution in [0.15, 0.2) is 30.3 Å². The van der Waals surface area contributed by atoms with E-state index in [1.807, 2.05) is 33.8 Å². The normalized spacial score (nSPS) is 15.2. The van der Waals surface area contributed by atoms with Crippen LogP contribution in [0.25, 0.3) is 0 Å². The van der Waals surface area contributed by atoms with Gasteiger partial charge in [0.25, 0.3) is 11.8 Å². The van der Waals surface area contributed by atoms with E-state index in [2.05, 4.69) is 16.0 Å². The largest absolute Gasteiger partial charge is 0.458 e. The Kier molecular flexibility index (Phi) is 21.4. The number of ether oxygens (including phenoxy) is 5. The van der Waals surface area contributed by atoms with Crippen LogP contribution in [0.4, 0.5) is 0 Å². The Morgan fingerprint density at radius 1 is 0.500 bits per heavy atom. The summed E-state index contributed by atoms with van der Waals surface area (Å²) in [5.41, 5.74) is 0.755. The van der Waals surface area contributed by atoms with E-state index < -0.39 is 96.0 Å². The Balaban J connectivity index is 3.01. The summed E-state index contributed by atoms with van der Waals surface area (Å²) < 4.78 is 27.0. The highest BCUT2D eigenvalue weighted by atomic mass is 16.6. The van der Waals surface area contributed by atoms with E-state index in [0.29, 0.717) is 6.42 Å². The first-order valence-electron chi connectivity index (χ1n) is 19.3. The smallest absolute Gasteiger partial charge is 0.347 e. The lowest BCUT2D eigenvalue weighted by atomic mass is 10.0. The highest BCUT2D eigenvalue weighted by molar-refractivity contribution is 5.92. The fourth-order valence-corrected chi connectivity index (χ4v) is 5.29. The van der Waals surface area contributed by atoms with Crippen molar-refractivity contribution in [3.05, 3.63) is 35.9 Å². The van der Waals surface area contributed by atoms with Gasteiger partial charge in [-0.05, 0) is 61.8 Å². The van der Waals surface area contributed by atoms with Crippen molar-refractivity contribution in [2.45, 2.75) is 145 Å². The Morgan fingerprint density at radius 3 is 1.32 bits per heavy atom. The molecule has 0 aliphatic carbocycles. The molecule has 0 aliphatic heterocycles. The van der Waals surface area contributed by atoms with Crippen molar-refractivity contribution >= 4 is 41.6 Å². The Labute approximate surface area is 332 Å². The fourth-order valence-electron chi connectivity index (χ4n) is 5.29. The Hall–Kier alpha value is -4.53. The molecule has 15 nitrogen and oxygen atoms in total. The van der Waals surface area contributed by atoms with Crippen LogP contribution in [0, 0.1) is 29.6 Å². The van der Waals surface area contributed by atoms with Gasteiger partial charge < -0.3 is 39.6 Å². The van der Waals surface area contributed by atoms with Crippen LogP contribution in [0.2, 0.25) is 0 Å². The van der Waals surface area contributed by atoms with E-state index in [4.69, 9.17) is 23.7 Å². The minimum absolute atomic E-state index is 0.0113. The fraction of sp³-hybridized carbons (Fsp3) is 0.683. The van der Waals surface area contributed by atoms with Crippen LogP contribution < -0.4 is 16.0 Å². The molecule has 1 rings (SSSR count). The minimum Gasteiger partial charge on any atom is -0.458 e. The summed E-state index contributed by atoms with van der Waals surface area (Å²) in [5, 5.41) is 7.83. The van der Waals surface area contributed by atoms with Gasteiger partial charge in [0, 0.05) is 7.11 Å². The van der Waals surface area contributed by atoms with Crippen molar-refractivity contribution < 1.29 is 57.2 Å². The molecule has 0 radical (unpaired) electrons. The van der Waals surface area contributed by atoms with Gasteiger partial charge in [0.05, 0.1) is 0 Å². The highest BCUT2D eigenvalue weighted by Crippen LogP contribution is 2.16. The van der Waals surface area contributed by atoms with Gasteiger partial charge in [0.1, 0.15) is 30.8 Å².